The number of hydrogen-bond acceptors (Lipinski definition) is 5. The van der Waals surface area contributed by atoms with Gasteiger partial charge in [0, 0.05) is 24.3 Å². The highest BCUT2D eigenvalue weighted by atomic mass is 35.5. The Labute approximate surface area is 178 Å². The maximum atomic E-state index is 12.5. The molecule has 0 unspecified atom stereocenters. The number of halogens is 1. The normalized spacial score (nSPS) is 13.7. The first-order valence-corrected chi connectivity index (χ1v) is 10.8. The Morgan fingerprint density at radius 2 is 1.83 bits per heavy atom. The van der Waals surface area contributed by atoms with Gasteiger partial charge in [0.25, 0.3) is 0 Å². The van der Waals surface area contributed by atoms with Crippen molar-refractivity contribution in [1.29, 1.82) is 0 Å². The largest absolute Gasteiger partial charge is 0.497 e. The molecule has 8 heteroatoms. The average molecular weight is 429 g/mol. The summed E-state index contributed by atoms with van der Waals surface area (Å²) in [7, 11) is 1.63. The third-order valence-corrected chi connectivity index (χ3v) is 6.11. The monoisotopic (exact) mass is 428 g/mol. The highest BCUT2D eigenvalue weighted by molar-refractivity contribution is 7.99. The predicted molar refractivity (Wildman–Crippen MR) is 115 cm³/mol. The van der Waals surface area contributed by atoms with Crippen LogP contribution in [0.15, 0.2) is 53.7 Å². The number of amides is 1. The van der Waals surface area contributed by atoms with Crippen molar-refractivity contribution in [2.45, 2.75) is 18.0 Å². The lowest BCUT2D eigenvalue weighted by atomic mass is 10.2. The minimum Gasteiger partial charge on any atom is -0.497 e. The number of aromatic nitrogens is 3. The van der Waals surface area contributed by atoms with Crippen molar-refractivity contribution >= 4 is 29.3 Å². The van der Waals surface area contributed by atoms with E-state index >= 15 is 0 Å². The zero-order valence-electron chi connectivity index (χ0n) is 16.0. The molecule has 1 saturated heterocycles. The van der Waals surface area contributed by atoms with Gasteiger partial charge in [0.05, 0.1) is 17.9 Å². The molecule has 1 aromatic heterocycles. The predicted octanol–water partition coefficient (Wildman–Crippen LogP) is 4.31. The second-order valence-corrected chi connectivity index (χ2v) is 8.05. The van der Waals surface area contributed by atoms with E-state index in [4.69, 9.17) is 16.3 Å². The van der Waals surface area contributed by atoms with Crippen LogP contribution in [0.4, 0.5) is 0 Å². The quantitative estimate of drug-likeness (QED) is 0.547. The van der Waals surface area contributed by atoms with Gasteiger partial charge in [-0.1, -0.05) is 35.5 Å². The standard InChI is InChI=1S/C21H21ClN4O2S/c1-28-16-10-8-15(9-11-16)26-20(17-6-2-3-7-18(17)22)23-24-21(26)29-14-19(27)25-12-4-5-13-25/h2-3,6-11H,4-5,12-14H2,1H3. The van der Waals surface area contributed by atoms with Crippen LogP contribution in [-0.4, -0.2) is 51.5 Å². The molecule has 2 heterocycles. The van der Waals surface area contributed by atoms with E-state index in [1.807, 2.05) is 58.0 Å². The summed E-state index contributed by atoms with van der Waals surface area (Å²) in [6.45, 7) is 1.69. The zero-order valence-corrected chi connectivity index (χ0v) is 17.6. The Kier molecular flexibility index (Phi) is 6.06. The summed E-state index contributed by atoms with van der Waals surface area (Å²) in [6, 6.07) is 15.2. The first-order chi connectivity index (χ1) is 14.2. The van der Waals surface area contributed by atoms with Crippen LogP contribution in [0.1, 0.15) is 12.8 Å². The number of benzene rings is 2. The Balaban J connectivity index is 1.69. The molecule has 1 amide bonds. The van der Waals surface area contributed by atoms with E-state index in [9.17, 15) is 4.79 Å². The molecule has 150 valence electrons. The molecule has 0 aliphatic carbocycles. The highest BCUT2D eigenvalue weighted by Gasteiger charge is 2.22. The number of likely N-dealkylation sites (tertiary alicyclic amines) is 1. The molecule has 1 fully saturated rings. The SMILES string of the molecule is COc1ccc(-n2c(SCC(=O)N3CCCC3)nnc2-c2ccccc2Cl)cc1. The van der Waals surface area contributed by atoms with Gasteiger partial charge in [0.2, 0.25) is 5.91 Å². The first-order valence-electron chi connectivity index (χ1n) is 9.42. The summed E-state index contributed by atoms with van der Waals surface area (Å²) in [4.78, 5) is 14.4. The molecule has 4 rings (SSSR count). The number of methoxy groups -OCH3 is 1. The van der Waals surface area contributed by atoms with Gasteiger partial charge in [-0.15, -0.1) is 10.2 Å². The van der Waals surface area contributed by atoms with Gasteiger partial charge >= 0.3 is 0 Å². The van der Waals surface area contributed by atoms with Crippen molar-refractivity contribution in [3.05, 3.63) is 53.6 Å². The van der Waals surface area contributed by atoms with E-state index in [0.717, 1.165) is 42.9 Å². The lowest BCUT2D eigenvalue weighted by Gasteiger charge is -2.15. The summed E-state index contributed by atoms with van der Waals surface area (Å²) in [5, 5.41) is 10.0. The molecule has 29 heavy (non-hydrogen) atoms. The summed E-state index contributed by atoms with van der Waals surface area (Å²) in [5.41, 5.74) is 1.66. The topological polar surface area (TPSA) is 60.2 Å². The average Bonchev–Trinajstić information content (AvgIpc) is 3.43. The molecule has 0 N–H and O–H groups in total. The minimum absolute atomic E-state index is 0.135. The smallest absolute Gasteiger partial charge is 0.233 e. The molecule has 2 aromatic carbocycles. The molecule has 1 aliphatic heterocycles. The zero-order chi connectivity index (χ0) is 20.2. The Morgan fingerprint density at radius 3 is 2.52 bits per heavy atom. The number of rotatable bonds is 6. The van der Waals surface area contributed by atoms with Crippen molar-refractivity contribution in [3.8, 4) is 22.8 Å². The van der Waals surface area contributed by atoms with Gasteiger partial charge in [-0.25, -0.2) is 0 Å². The van der Waals surface area contributed by atoms with Crippen LogP contribution in [0.2, 0.25) is 5.02 Å². The Bertz CT molecular complexity index is 1000. The number of thioether (sulfide) groups is 1. The van der Waals surface area contributed by atoms with Crippen LogP contribution in [0.3, 0.4) is 0 Å². The number of carbonyl (C=O) groups is 1. The van der Waals surface area contributed by atoms with Crippen LogP contribution >= 0.6 is 23.4 Å². The van der Waals surface area contributed by atoms with Gasteiger partial charge in [0.15, 0.2) is 11.0 Å². The minimum atomic E-state index is 0.135. The first kappa shape index (κ1) is 19.8. The molecule has 0 radical (unpaired) electrons. The fourth-order valence-corrected chi connectivity index (χ4v) is 4.40. The Morgan fingerprint density at radius 1 is 1.10 bits per heavy atom. The summed E-state index contributed by atoms with van der Waals surface area (Å²) in [6.07, 6.45) is 2.16. The second kappa shape index (κ2) is 8.88. The van der Waals surface area contributed by atoms with Crippen LogP contribution in [0, 0.1) is 0 Å². The molecule has 6 nitrogen and oxygen atoms in total. The third-order valence-electron chi connectivity index (χ3n) is 4.86. The van der Waals surface area contributed by atoms with E-state index in [0.29, 0.717) is 21.8 Å². The van der Waals surface area contributed by atoms with Crippen LogP contribution in [0.25, 0.3) is 17.1 Å². The fourth-order valence-electron chi connectivity index (χ4n) is 3.33. The third kappa shape index (κ3) is 4.26. The fraction of sp³-hybridized carbons (Fsp3) is 0.286. The molecular weight excluding hydrogens is 408 g/mol. The van der Waals surface area contributed by atoms with E-state index in [1.165, 1.54) is 11.8 Å². The molecule has 1 aliphatic rings. The van der Waals surface area contributed by atoms with Crippen molar-refractivity contribution in [1.82, 2.24) is 19.7 Å². The number of nitrogens with zero attached hydrogens (tertiary/aromatic N) is 4. The lowest BCUT2D eigenvalue weighted by molar-refractivity contribution is -0.127. The van der Waals surface area contributed by atoms with Gasteiger partial charge in [-0.05, 0) is 49.2 Å². The molecule has 3 aromatic rings. The maximum absolute atomic E-state index is 12.5. The van der Waals surface area contributed by atoms with Gasteiger partial charge in [-0.3, -0.25) is 9.36 Å². The van der Waals surface area contributed by atoms with E-state index in [-0.39, 0.29) is 5.91 Å². The van der Waals surface area contributed by atoms with Gasteiger partial charge < -0.3 is 9.64 Å². The van der Waals surface area contributed by atoms with E-state index in [1.54, 1.807) is 7.11 Å². The highest BCUT2D eigenvalue weighted by Crippen LogP contribution is 2.32. The second-order valence-electron chi connectivity index (χ2n) is 6.70. The van der Waals surface area contributed by atoms with Crippen molar-refractivity contribution in [3.63, 3.8) is 0 Å². The number of ether oxygens (including phenoxy) is 1. The van der Waals surface area contributed by atoms with Crippen molar-refractivity contribution in [2.24, 2.45) is 0 Å². The molecule has 0 atom stereocenters. The van der Waals surface area contributed by atoms with E-state index in [2.05, 4.69) is 10.2 Å². The maximum Gasteiger partial charge on any atom is 0.233 e. The van der Waals surface area contributed by atoms with E-state index < -0.39 is 0 Å². The summed E-state index contributed by atoms with van der Waals surface area (Å²) in [5.74, 6) is 1.86. The Hall–Kier alpha value is -2.51. The summed E-state index contributed by atoms with van der Waals surface area (Å²) < 4.78 is 7.20. The summed E-state index contributed by atoms with van der Waals surface area (Å²) >= 11 is 7.81. The van der Waals surface area contributed by atoms with Crippen molar-refractivity contribution < 1.29 is 9.53 Å². The van der Waals surface area contributed by atoms with Crippen molar-refractivity contribution in [2.75, 3.05) is 26.0 Å². The van der Waals surface area contributed by atoms with Crippen LogP contribution in [-0.2, 0) is 4.79 Å². The molecular formula is C21H21ClN4O2S. The lowest BCUT2D eigenvalue weighted by Crippen LogP contribution is -2.29. The van der Waals surface area contributed by atoms with Gasteiger partial charge in [0.1, 0.15) is 5.75 Å². The number of carbonyl (C=O) groups excluding carboxylic acids is 1. The number of hydrogen-bond donors (Lipinski definition) is 0. The van der Waals surface area contributed by atoms with Gasteiger partial charge in [-0.2, -0.15) is 0 Å². The molecule has 0 saturated carbocycles. The van der Waals surface area contributed by atoms with Crippen LogP contribution < -0.4 is 4.74 Å². The molecule has 0 spiro atoms. The molecule has 0 bridgehead atoms. The van der Waals surface area contributed by atoms with Crippen LogP contribution in [0.5, 0.6) is 5.75 Å².